The van der Waals surface area contributed by atoms with Crippen LogP contribution in [0.15, 0.2) is 30.5 Å². The average molecular weight is 845 g/mol. The van der Waals surface area contributed by atoms with Crippen molar-refractivity contribution in [1.29, 1.82) is 0 Å². The van der Waals surface area contributed by atoms with E-state index in [9.17, 15) is 43.5 Å². The molecule has 0 spiro atoms. The molecule has 0 radical (unpaired) electrons. The third kappa shape index (κ3) is 12.8. The van der Waals surface area contributed by atoms with E-state index in [0.29, 0.717) is 30.6 Å². The number of nitrogens with zero attached hydrogens (tertiary/aromatic N) is 1. The molecule has 2 aromatic rings. The molecule has 4 heterocycles. The number of carboxylic acids is 1. The third-order valence-corrected chi connectivity index (χ3v) is 12.7. The summed E-state index contributed by atoms with van der Waals surface area (Å²) >= 11 is 0. The fourth-order valence-corrected chi connectivity index (χ4v) is 9.35. The van der Waals surface area contributed by atoms with Gasteiger partial charge in [0, 0.05) is 67.0 Å². The molecule has 7 amide bonds. The number of primary amides is 1. The summed E-state index contributed by atoms with van der Waals surface area (Å²) in [7, 11) is 2.55. The van der Waals surface area contributed by atoms with Gasteiger partial charge in [0.2, 0.25) is 41.4 Å². The maximum absolute atomic E-state index is 14.4. The number of piperidine rings is 1. The average Bonchev–Trinajstić information content (AvgIpc) is 3.86. The number of carboxylic acid groups (broad SMARTS) is 1. The molecule has 316 valence electrons. The van der Waals surface area contributed by atoms with Gasteiger partial charge in [0.05, 0.1) is 19.0 Å². The van der Waals surface area contributed by atoms with Gasteiger partial charge in [0.25, 0.3) is 0 Å². The molecular formula is C37H52N10O9S2. The third-order valence-electron chi connectivity index (χ3n) is 10.2. The lowest BCUT2D eigenvalue weighted by Gasteiger charge is -2.30. The molecular weight excluding hydrogens is 793 g/mol. The Morgan fingerprint density at radius 2 is 1.67 bits per heavy atom. The Morgan fingerprint density at radius 1 is 0.897 bits per heavy atom. The summed E-state index contributed by atoms with van der Waals surface area (Å²) in [5.74, 6) is -5.23. The number of rotatable bonds is 8. The number of fused-ring (bicyclic) bond motifs is 2. The number of amides is 7. The Morgan fingerprint density at radius 3 is 2.43 bits per heavy atom. The quantitative estimate of drug-likeness (QED) is 0.130. The van der Waals surface area contributed by atoms with E-state index >= 15 is 0 Å². The van der Waals surface area contributed by atoms with E-state index in [1.165, 1.54) is 26.5 Å². The van der Waals surface area contributed by atoms with Crippen LogP contribution in [0.2, 0.25) is 0 Å². The van der Waals surface area contributed by atoms with Crippen LogP contribution in [0.3, 0.4) is 0 Å². The van der Waals surface area contributed by atoms with Crippen molar-refractivity contribution in [1.82, 2.24) is 47.1 Å². The van der Waals surface area contributed by atoms with Gasteiger partial charge in [-0.15, -0.1) is 0 Å². The molecule has 3 aliphatic heterocycles. The van der Waals surface area contributed by atoms with Crippen LogP contribution in [0, 0.1) is 5.92 Å². The van der Waals surface area contributed by atoms with Gasteiger partial charge in [-0.25, -0.2) is 0 Å². The van der Waals surface area contributed by atoms with Gasteiger partial charge in [-0.2, -0.15) is 0 Å². The van der Waals surface area contributed by atoms with E-state index in [-0.39, 0.29) is 68.9 Å². The number of aromatic amines is 1. The minimum Gasteiger partial charge on any atom is -0.481 e. The maximum atomic E-state index is 14.4. The molecule has 3 saturated heterocycles. The summed E-state index contributed by atoms with van der Waals surface area (Å²) in [4.78, 5) is 110. The highest BCUT2D eigenvalue weighted by molar-refractivity contribution is 8.76. The normalized spacial score (nSPS) is 25.5. The summed E-state index contributed by atoms with van der Waals surface area (Å²) in [6.45, 7) is 1.36. The number of benzene rings is 1. The van der Waals surface area contributed by atoms with Crippen LogP contribution in [-0.2, 0) is 44.8 Å². The number of nitrogens with one attached hydrogen (secondary N) is 8. The molecule has 0 saturated carbocycles. The maximum Gasteiger partial charge on any atom is 0.305 e. The topological polar surface area (TPSA) is 286 Å². The number of nitrogens with two attached hydrogens (primary N) is 1. The van der Waals surface area contributed by atoms with Gasteiger partial charge in [0.1, 0.15) is 24.2 Å². The molecule has 0 bridgehead atoms. The number of carbonyl (C=O) groups excluding carboxylic acids is 7. The van der Waals surface area contributed by atoms with Crippen LogP contribution in [0.25, 0.3) is 10.9 Å². The number of aromatic nitrogens is 1. The van der Waals surface area contributed by atoms with Crippen molar-refractivity contribution in [2.75, 3.05) is 50.8 Å². The van der Waals surface area contributed by atoms with Crippen LogP contribution < -0.4 is 43.0 Å². The van der Waals surface area contributed by atoms with E-state index in [1.807, 2.05) is 24.3 Å². The van der Waals surface area contributed by atoms with Gasteiger partial charge in [-0.1, -0.05) is 39.8 Å². The van der Waals surface area contributed by atoms with E-state index in [1.54, 1.807) is 6.20 Å². The lowest BCUT2D eigenvalue weighted by Crippen LogP contribution is -2.59. The van der Waals surface area contributed by atoms with E-state index in [4.69, 9.17) is 5.73 Å². The highest BCUT2D eigenvalue weighted by Crippen LogP contribution is 2.25. The van der Waals surface area contributed by atoms with Crippen LogP contribution in [-0.4, -0.2) is 143 Å². The van der Waals surface area contributed by atoms with Crippen LogP contribution in [0.4, 0.5) is 0 Å². The van der Waals surface area contributed by atoms with E-state index < -0.39 is 72.1 Å². The van der Waals surface area contributed by atoms with E-state index in [2.05, 4.69) is 42.2 Å². The second-order valence-electron chi connectivity index (χ2n) is 14.5. The monoisotopic (exact) mass is 844 g/mol. The Labute approximate surface area is 343 Å². The number of H-pyrrole nitrogens is 1. The van der Waals surface area contributed by atoms with Gasteiger partial charge in [-0.05, 0) is 50.4 Å². The first-order valence-corrected chi connectivity index (χ1v) is 21.9. The number of aliphatic carboxylic acids is 1. The van der Waals surface area contributed by atoms with Gasteiger partial charge in [-0.3, -0.25) is 38.4 Å². The fraction of sp³-hybridized carbons (Fsp3) is 0.568. The molecule has 1 aromatic carbocycles. The number of hydrogen-bond acceptors (Lipinski definition) is 12. The van der Waals surface area contributed by atoms with Gasteiger partial charge < -0.3 is 57.9 Å². The Kier molecular flexibility index (Phi) is 16.6. The molecule has 3 aliphatic rings. The van der Waals surface area contributed by atoms with Crippen molar-refractivity contribution in [2.24, 2.45) is 11.7 Å². The minimum atomic E-state index is -1.59. The van der Waals surface area contributed by atoms with Crippen LogP contribution in [0.1, 0.15) is 44.1 Å². The zero-order chi connectivity index (χ0) is 41.6. The summed E-state index contributed by atoms with van der Waals surface area (Å²) in [5.41, 5.74) is 7.11. The standard InChI is InChI=1S/C37H52N10O9S2/c38-33(52)28-20-58-57-13-9-30(48)43-23(18-42-34(53)21-7-10-39-11-8-21)17-40-19-31(49)44-26(15-32(50)51)35(54)45-27(14-22-16-41-25-5-2-1-4-24(22)25)37(56)47-12-3-6-29(47)36(55)46-28/h1-2,4-5,16,21,23,26-29,39-41H,3,6-15,17-20H2,(H2,38,52)(H,42,53)(H,43,48)(H,44,49)(H,45,54)(H,46,55)(H,50,51). The molecule has 5 unspecified atom stereocenters. The first-order chi connectivity index (χ1) is 27.9. The van der Waals surface area contributed by atoms with Crippen LogP contribution >= 0.6 is 21.6 Å². The number of carbonyl (C=O) groups is 8. The first kappa shape index (κ1) is 44.2. The molecule has 1 aromatic heterocycles. The lowest BCUT2D eigenvalue weighted by molar-refractivity contribution is -0.143. The summed E-state index contributed by atoms with van der Waals surface area (Å²) in [6.07, 6.45) is 3.04. The second-order valence-corrected chi connectivity index (χ2v) is 17.1. The van der Waals surface area contributed by atoms with Crippen molar-refractivity contribution in [3.05, 3.63) is 36.0 Å². The zero-order valence-corrected chi connectivity index (χ0v) is 33.6. The Balaban J connectivity index is 1.37. The van der Waals surface area contributed by atoms with Crippen molar-refractivity contribution < 1.29 is 43.5 Å². The largest absolute Gasteiger partial charge is 0.481 e. The lowest BCUT2D eigenvalue weighted by atomic mass is 9.97. The highest BCUT2D eigenvalue weighted by Gasteiger charge is 2.40. The predicted molar refractivity (Wildman–Crippen MR) is 217 cm³/mol. The van der Waals surface area contributed by atoms with Crippen molar-refractivity contribution >= 4 is 79.8 Å². The summed E-state index contributed by atoms with van der Waals surface area (Å²) in [5, 5.41) is 30.2. The minimum absolute atomic E-state index is 0.0340. The van der Waals surface area contributed by atoms with Gasteiger partial charge in [0.15, 0.2) is 0 Å². The van der Waals surface area contributed by atoms with Crippen molar-refractivity contribution in [3.8, 4) is 0 Å². The number of hydrogen-bond donors (Lipinski definition) is 10. The molecule has 3 fully saturated rings. The molecule has 21 heteroatoms. The zero-order valence-electron chi connectivity index (χ0n) is 32.0. The van der Waals surface area contributed by atoms with Crippen molar-refractivity contribution in [2.45, 2.75) is 75.2 Å². The highest BCUT2D eigenvalue weighted by atomic mass is 33.1. The summed E-state index contributed by atoms with van der Waals surface area (Å²) < 4.78 is 0. The van der Waals surface area contributed by atoms with E-state index in [0.717, 1.165) is 24.0 Å². The van der Waals surface area contributed by atoms with Crippen molar-refractivity contribution in [3.63, 3.8) is 0 Å². The number of para-hydroxylation sites is 1. The first-order valence-electron chi connectivity index (χ1n) is 19.4. The van der Waals surface area contributed by atoms with Gasteiger partial charge >= 0.3 is 5.97 Å². The molecule has 11 N–H and O–H groups in total. The molecule has 58 heavy (non-hydrogen) atoms. The van der Waals surface area contributed by atoms with Crippen LogP contribution in [0.5, 0.6) is 0 Å². The molecule has 0 aliphatic carbocycles. The SMILES string of the molecule is NC(=O)C1CSSCCC(=O)NC(CNC(=O)C2CCNCC2)CNCC(=O)NC(CC(=O)O)C(=O)NC(Cc2c[nH]c3ccccc23)C(=O)N2CCCC2C(=O)N1. The second kappa shape index (κ2) is 21.8. The summed E-state index contributed by atoms with van der Waals surface area (Å²) in [6, 6.07) is 1.77. The molecule has 5 atom stereocenters. The molecule has 19 nitrogen and oxygen atoms in total. The smallest absolute Gasteiger partial charge is 0.305 e. The Bertz CT molecular complexity index is 1820. The Hall–Kier alpha value is -4.86. The predicted octanol–water partition coefficient (Wildman–Crippen LogP) is -1.91. The fourth-order valence-electron chi connectivity index (χ4n) is 7.18. The molecule has 5 rings (SSSR count).